The van der Waals surface area contributed by atoms with Crippen LogP contribution in [0.25, 0.3) is 0 Å². The van der Waals surface area contributed by atoms with Crippen molar-refractivity contribution in [3.63, 3.8) is 0 Å². The second-order valence-corrected chi connectivity index (χ2v) is 13.0. The minimum atomic E-state index is 0.160. The van der Waals surface area contributed by atoms with Gasteiger partial charge >= 0.3 is 0 Å². The van der Waals surface area contributed by atoms with Gasteiger partial charge in [-0.25, -0.2) is 0 Å². The lowest BCUT2D eigenvalue weighted by atomic mass is 10.1. The van der Waals surface area contributed by atoms with Crippen molar-refractivity contribution in [2.75, 3.05) is 11.5 Å². The van der Waals surface area contributed by atoms with Crippen molar-refractivity contribution in [2.45, 2.75) is 142 Å². The second-order valence-electron chi connectivity index (χ2n) is 9.13. The molecule has 196 valence electrons. The molecule has 0 aliphatic carbocycles. The molecule has 0 amide bonds. The van der Waals surface area contributed by atoms with E-state index in [9.17, 15) is 0 Å². The maximum Gasteiger partial charge on any atom is 0.125 e. The average Bonchev–Trinajstić information content (AvgIpc) is 2.80. The Bertz CT molecular complexity index is 446. The molecule has 0 aromatic carbocycles. The molecule has 0 radical (unpaired) electrons. The molecular weight excluding hydrogens is 507 g/mol. The standard InChI is InChI=1S/C28H51Cl3S2/c1-3-5-7-9-11-13-15-17-19-21-23-32-27(25-26(29)28(30)31)33-24-22-20-18-16-14-12-10-8-6-4-2/h25H,3-24H2,1-2H3. The van der Waals surface area contributed by atoms with E-state index in [-0.39, 0.29) is 4.49 Å². The van der Waals surface area contributed by atoms with Crippen molar-refractivity contribution in [2.24, 2.45) is 0 Å². The van der Waals surface area contributed by atoms with Crippen LogP contribution in [-0.4, -0.2) is 11.5 Å². The van der Waals surface area contributed by atoms with Gasteiger partial charge in [0.15, 0.2) is 0 Å². The van der Waals surface area contributed by atoms with Crippen LogP contribution in [0.3, 0.4) is 0 Å². The summed E-state index contributed by atoms with van der Waals surface area (Å²) in [6, 6.07) is 0. The lowest BCUT2D eigenvalue weighted by Crippen LogP contribution is -1.87. The monoisotopic (exact) mass is 556 g/mol. The maximum atomic E-state index is 6.21. The second kappa shape index (κ2) is 27.6. The molecule has 0 spiro atoms. The normalized spacial score (nSPS) is 11.1. The van der Waals surface area contributed by atoms with Gasteiger partial charge in [0.25, 0.3) is 0 Å². The Morgan fingerprint density at radius 2 is 0.788 bits per heavy atom. The van der Waals surface area contributed by atoms with E-state index >= 15 is 0 Å². The van der Waals surface area contributed by atoms with Gasteiger partial charge in [0.1, 0.15) is 4.49 Å². The molecule has 0 nitrogen and oxygen atoms in total. The third-order valence-electron chi connectivity index (χ3n) is 5.91. The number of rotatable bonds is 25. The van der Waals surface area contributed by atoms with Gasteiger partial charge in [0.2, 0.25) is 0 Å². The van der Waals surface area contributed by atoms with E-state index in [1.54, 1.807) is 0 Å². The van der Waals surface area contributed by atoms with Crippen molar-refractivity contribution >= 4 is 58.3 Å². The van der Waals surface area contributed by atoms with Crippen molar-refractivity contribution in [3.05, 3.63) is 19.8 Å². The zero-order valence-corrected chi connectivity index (χ0v) is 25.5. The number of hydrogen-bond donors (Lipinski definition) is 0. The molecule has 0 saturated carbocycles. The van der Waals surface area contributed by atoms with Crippen molar-refractivity contribution in [3.8, 4) is 0 Å². The Hall–Kier alpha value is 1.05. The highest BCUT2D eigenvalue weighted by Gasteiger charge is 2.04. The molecule has 0 atom stereocenters. The van der Waals surface area contributed by atoms with E-state index in [0.29, 0.717) is 5.03 Å². The minimum Gasteiger partial charge on any atom is -0.119 e. The quantitative estimate of drug-likeness (QED) is 0.0808. The lowest BCUT2D eigenvalue weighted by Gasteiger charge is -2.08. The van der Waals surface area contributed by atoms with E-state index in [1.165, 1.54) is 133 Å². The van der Waals surface area contributed by atoms with Crippen LogP contribution in [0.4, 0.5) is 0 Å². The van der Waals surface area contributed by atoms with Gasteiger partial charge in [0, 0.05) is 4.24 Å². The first-order valence-electron chi connectivity index (χ1n) is 13.8. The summed E-state index contributed by atoms with van der Waals surface area (Å²) in [4.78, 5) is 0. The highest BCUT2D eigenvalue weighted by Crippen LogP contribution is 2.34. The Kier molecular flexibility index (Phi) is 28.5. The van der Waals surface area contributed by atoms with E-state index in [2.05, 4.69) is 13.8 Å². The first-order chi connectivity index (χ1) is 16.1. The van der Waals surface area contributed by atoms with Crippen LogP contribution < -0.4 is 0 Å². The fourth-order valence-electron chi connectivity index (χ4n) is 3.81. The number of halogens is 3. The Morgan fingerprint density at radius 3 is 1.09 bits per heavy atom. The Morgan fingerprint density at radius 1 is 0.485 bits per heavy atom. The molecular formula is C28H51Cl3S2. The van der Waals surface area contributed by atoms with Crippen LogP contribution in [0.15, 0.2) is 19.8 Å². The molecule has 0 bridgehead atoms. The molecule has 0 unspecified atom stereocenters. The van der Waals surface area contributed by atoms with Gasteiger partial charge in [-0.1, -0.05) is 164 Å². The summed E-state index contributed by atoms with van der Waals surface area (Å²) in [5, 5.41) is 0.458. The molecule has 0 aromatic heterocycles. The van der Waals surface area contributed by atoms with Gasteiger partial charge in [-0.2, -0.15) is 0 Å². The fourth-order valence-corrected chi connectivity index (χ4v) is 6.49. The van der Waals surface area contributed by atoms with Gasteiger partial charge in [-0.3, -0.25) is 0 Å². The molecule has 0 fully saturated rings. The molecule has 0 N–H and O–H groups in total. The SMILES string of the molecule is CCCCCCCCCCCCSC(=CC(Cl)=C(Cl)Cl)SCCCCCCCCCCCC. The van der Waals surface area contributed by atoms with Crippen LogP contribution in [0, 0.1) is 0 Å². The average molecular weight is 558 g/mol. The highest BCUT2D eigenvalue weighted by atomic mass is 35.5. The minimum absolute atomic E-state index is 0.160. The van der Waals surface area contributed by atoms with E-state index < -0.39 is 0 Å². The number of unbranched alkanes of at least 4 members (excludes halogenated alkanes) is 18. The summed E-state index contributed by atoms with van der Waals surface area (Å²) in [5.74, 6) is 2.30. The van der Waals surface area contributed by atoms with Crippen LogP contribution in [-0.2, 0) is 0 Å². The van der Waals surface area contributed by atoms with E-state index in [0.717, 1.165) is 11.5 Å². The zero-order valence-electron chi connectivity index (χ0n) is 21.6. The molecule has 0 heterocycles. The first-order valence-corrected chi connectivity index (χ1v) is 16.9. The molecule has 0 aliphatic heterocycles. The van der Waals surface area contributed by atoms with E-state index in [1.807, 2.05) is 29.6 Å². The Balaban J connectivity index is 3.87. The molecule has 33 heavy (non-hydrogen) atoms. The topological polar surface area (TPSA) is 0 Å². The zero-order chi connectivity index (χ0) is 24.4. The maximum absolute atomic E-state index is 6.21. The summed E-state index contributed by atoms with van der Waals surface area (Å²) < 4.78 is 1.42. The molecule has 0 aromatic rings. The van der Waals surface area contributed by atoms with Gasteiger partial charge < -0.3 is 0 Å². The van der Waals surface area contributed by atoms with Crippen LogP contribution in [0.1, 0.15) is 142 Å². The predicted octanol–water partition coefficient (Wildman–Crippen LogP) is 13.0. The third-order valence-corrected chi connectivity index (χ3v) is 9.31. The van der Waals surface area contributed by atoms with Crippen molar-refractivity contribution in [1.82, 2.24) is 0 Å². The number of allylic oxidation sites excluding steroid dienone is 2. The molecule has 0 saturated heterocycles. The fraction of sp³-hybridized carbons (Fsp3) is 0.857. The Labute approximate surface area is 230 Å². The van der Waals surface area contributed by atoms with Crippen LogP contribution in [0.2, 0.25) is 0 Å². The van der Waals surface area contributed by atoms with Gasteiger partial charge in [-0.15, -0.1) is 23.5 Å². The van der Waals surface area contributed by atoms with Gasteiger partial charge in [-0.05, 0) is 30.4 Å². The summed E-state index contributed by atoms with van der Waals surface area (Å²) in [6.07, 6.45) is 29.5. The number of thioether (sulfide) groups is 2. The van der Waals surface area contributed by atoms with Crippen molar-refractivity contribution < 1.29 is 0 Å². The van der Waals surface area contributed by atoms with E-state index in [4.69, 9.17) is 34.8 Å². The largest absolute Gasteiger partial charge is 0.125 e. The van der Waals surface area contributed by atoms with Crippen molar-refractivity contribution in [1.29, 1.82) is 0 Å². The molecule has 0 aliphatic rings. The van der Waals surface area contributed by atoms with Crippen LogP contribution in [0.5, 0.6) is 0 Å². The number of hydrogen-bond acceptors (Lipinski definition) is 2. The molecule has 0 rings (SSSR count). The molecule has 5 heteroatoms. The summed E-state index contributed by atoms with van der Waals surface area (Å²) >= 11 is 21.8. The smallest absolute Gasteiger partial charge is 0.119 e. The predicted molar refractivity (Wildman–Crippen MR) is 161 cm³/mol. The third kappa shape index (κ3) is 25.9. The first kappa shape index (κ1) is 34.0. The van der Waals surface area contributed by atoms with Gasteiger partial charge in [0.05, 0.1) is 5.03 Å². The lowest BCUT2D eigenvalue weighted by molar-refractivity contribution is 0.563. The summed E-state index contributed by atoms with van der Waals surface area (Å²) in [7, 11) is 0. The van der Waals surface area contributed by atoms with Crippen LogP contribution >= 0.6 is 58.3 Å². The summed E-state index contributed by atoms with van der Waals surface area (Å²) in [5.41, 5.74) is 0. The summed E-state index contributed by atoms with van der Waals surface area (Å²) in [6.45, 7) is 4.56. The highest BCUT2D eigenvalue weighted by molar-refractivity contribution is 8.22.